The molecular weight excluding hydrogens is 557 g/mol. The molecular formula is C27H29F7N6O. The molecule has 0 radical (unpaired) electrons. The highest BCUT2D eigenvalue weighted by Gasteiger charge is 2.34. The predicted molar refractivity (Wildman–Crippen MR) is 138 cm³/mol. The summed E-state index contributed by atoms with van der Waals surface area (Å²) in [6.07, 6.45) is -2.42. The molecule has 41 heavy (non-hydrogen) atoms. The van der Waals surface area contributed by atoms with Gasteiger partial charge in [-0.15, -0.1) is 0 Å². The van der Waals surface area contributed by atoms with Crippen LogP contribution in [0.1, 0.15) is 60.5 Å². The molecule has 4 rings (SSSR count). The first-order chi connectivity index (χ1) is 19.3. The van der Waals surface area contributed by atoms with Crippen LogP contribution >= 0.6 is 0 Å². The van der Waals surface area contributed by atoms with Gasteiger partial charge in [0.05, 0.1) is 23.5 Å². The van der Waals surface area contributed by atoms with E-state index in [0.29, 0.717) is 17.9 Å². The summed E-state index contributed by atoms with van der Waals surface area (Å²) in [6.45, 7) is -0.599. The lowest BCUT2D eigenvalue weighted by molar-refractivity contribution is -0.138. The summed E-state index contributed by atoms with van der Waals surface area (Å²) in [5.74, 6) is 4.25. The monoisotopic (exact) mass is 586 g/mol. The zero-order valence-corrected chi connectivity index (χ0v) is 22.0. The second-order valence-electron chi connectivity index (χ2n) is 9.43. The van der Waals surface area contributed by atoms with Crippen LogP contribution in [0.5, 0.6) is 0 Å². The summed E-state index contributed by atoms with van der Waals surface area (Å²) < 4.78 is 92.1. The van der Waals surface area contributed by atoms with Gasteiger partial charge in [-0.1, -0.05) is 25.3 Å². The van der Waals surface area contributed by atoms with E-state index in [2.05, 4.69) is 10.1 Å². The third-order valence-corrected chi connectivity index (χ3v) is 6.47. The molecule has 1 saturated carbocycles. The van der Waals surface area contributed by atoms with E-state index in [1.54, 1.807) is 0 Å². The summed E-state index contributed by atoms with van der Waals surface area (Å²) in [7, 11) is 1.18. The molecule has 0 spiro atoms. The first-order valence-electron chi connectivity index (χ1n) is 12.6. The fourth-order valence-electron chi connectivity index (χ4n) is 4.52. The highest BCUT2D eigenvalue weighted by atomic mass is 19.4. The fraction of sp³-hybridized carbons (Fsp3) is 0.370. The number of nitrogens with zero attached hydrogens (tertiary/aromatic N) is 4. The number of hydrogen-bond acceptors (Lipinski definition) is 6. The number of pyridine rings is 1. The molecule has 0 aliphatic heterocycles. The molecule has 3 aromatic rings. The maximum atomic E-state index is 13.6. The third kappa shape index (κ3) is 8.28. The molecule has 7 nitrogen and oxygen atoms in total. The van der Waals surface area contributed by atoms with Crippen molar-refractivity contribution in [3.63, 3.8) is 0 Å². The Morgan fingerprint density at radius 2 is 1.71 bits per heavy atom. The largest absolute Gasteiger partial charge is 0.418 e. The number of rotatable bonds is 6. The van der Waals surface area contributed by atoms with Crippen LogP contribution < -0.4 is 17.1 Å². The van der Waals surface area contributed by atoms with Gasteiger partial charge < -0.3 is 10.7 Å². The predicted octanol–water partition coefficient (Wildman–Crippen LogP) is 5.42. The van der Waals surface area contributed by atoms with Crippen LogP contribution in [0.2, 0.25) is 0 Å². The Kier molecular flexibility index (Phi) is 10.5. The summed E-state index contributed by atoms with van der Waals surface area (Å²) in [5.41, 5.74) is 2.87. The number of nitrogens with two attached hydrogens (primary N) is 2. The number of hydrogen-bond donors (Lipinski definition) is 2. The molecule has 1 aliphatic rings. The lowest BCUT2D eigenvalue weighted by Gasteiger charge is -2.24. The Bertz CT molecular complexity index is 1390. The van der Waals surface area contributed by atoms with E-state index in [9.17, 15) is 35.5 Å². The normalized spacial score (nSPS) is 14.8. The highest BCUT2D eigenvalue weighted by Crippen LogP contribution is 2.33. The second-order valence-corrected chi connectivity index (χ2v) is 9.43. The summed E-state index contributed by atoms with van der Waals surface area (Å²) >= 11 is 0. The second kappa shape index (κ2) is 13.6. The molecule has 0 atom stereocenters. The average Bonchev–Trinajstić information content (AvgIpc) is 2.90. The van der Waals surface area contributed by atoms with Crippen LogP contribution in [0.4, 0.5) is 30.7 Å². The molecule has 2 aromatic heterocycles. The van der Waals surface area contributed by atoms with E-state index in [1.165, 1.54) is 37.5 Å². The number of benzene rings is 1. The molecule has 2 heterocycles. The van der Waals surface area contributed by atoms with Gasteiger partial charge in [-0.2, -0.15) is 18.3 Å². The molecule has 0 bridgehead atoms. The van der Waals surface area contributed by atoms with Crippen molar-refractivity contribution in [2.75, 3.05) is 7.05 Å². The minimum atomic E-state index is -4.69. The van der Waals surface area contributed by atoms with Crippen molar-refractivity contribution >= 4 is 5.70 Å². The van der Waals surface area contributed by atoms with Crippen molar-refractivity contribution in [3.05, 3.63) is 98.9 Å². The molecule has 1 fully saturated rings. The minimum Gasteiger partial charge on any atom is -0.395 e. The van der Waals surface area contributed by atoms with Gasteiger partial charge >= 0.3 is 6.18 Å². The first-order valence-corrected chi connectivity index (χ1v) is 12.6. The smallest absolute Gasteiger partial charge is 0.395 e. The summed E-state index contributed by atoms with van der Waals surface area (Å²) in [4.78, 5) is 17.0. The van der Waals surface area contributed by atoms with Crippen molar-refractivity contribution in [1.82, 2.24) is 19.8 Å². The van der Waals surface area contributed by atoms with Gasteiger partial charge in [0.15, 0.2) is 0 Å². The van der Waals surface area contributed by atoms with Gasteiger partial charge in [0.2, 0.25) is 0 Å². The van der Waals surface area contributed by atoms with E-state index in [1.807, 2.05) is 0 Å². The molecule has 1 aliphatic carbocycles. The minimum absolute atomic E-state index is 0.160. The van der Waals surface area contributed by atoms with E-state index >= 15 is 0 Å². The Balaban J connectivity index is 0.000000496. The van der Waals surface area contributed by atoms with Crippen LogP contribution in [0.15, 0.2) is 59.2 Å². The summed E-state index contributed by atoms with van der Waals surface area (Å²) in [6, 6.07) is 7.89. The quantitative estimate of drug-likeness (QED) is 0.227. The molecule has 222 valence electrons. The van der Waals surface area contributed by atoms with E-state index in [4.69, 9.17) is 11.6 Å². The van der Waals surface area contributed by atoms with Gasteiger partial charge in [-0.25, -0.2) is 28.1 Å². The Labute approximate surface area is 231 Å². The average molecular weight is 587 g/mol. The van der Waals surface area contributed by atoms with E-state index < -0.39 is 59.0 Å². The fourth-order valence-corrected chi connectivity index (χ4v) is 4.52. The Hall–Kier alpha value is -3.94. The van der Waals surface area contributed by atoms with E-state index in [-0.39, 0.29) is 17.2 Å². The van der Waals surface area contributed by atoms with Crippen LogP contribution in [-0.2, 0) is 12.7 Å². The van der Waals surface area contributed by atoms with Crippen LogP contribution in [0.3, 0.4) is 0 Å². The standard InChI is InChI=1S/C21H25F5N6O.C6H4F2/c1-31(28)18(19(22)23)17(27)15-10-13(12-6-3-2-4-7-12)20(33)32(30-15)11-16-14(21(24,25)26)8-5-9-29-16;7-5-2-1-3-6(8)4-5/h5,8-10,12,19H,2-4,6-7,11,27-28H2,1H3;1-4H/b18-17-;. The number of hydrazine groups is 1. The van der Waals surface area contributed by atoms with Gasteiger partial charge in [0.25, 0.3) is 12.0 Å². The zero-order valence-electron chi connectivity index (χ0n) is 22.0. The van der Waals surface area contributed by atoms with Gasteiger partial charge in [0.1, 0.15) is 23.0 Å². The summed E-state index contributed by atoms with van der Waals surface area (Å²) in [5, 5.41) is 4.68. The van der Waals surface area contributed by atoms with Crippen LogP contribution in [-0.4, -0.2) is 33.2 Å². The highest BCUT2D eigenvalue weighted by molar-refractivity contribution is 5.63. The zero-order chi connectivity index (χ0) is 30.3. The molecule has 0 unspecified atom stereocenters. The first kappa shape index (κ1) is 31.6. The third-order valence-electron chi connectivity index (χ3n) is 6.47. The number of alkyl halides is 5. The van der Waals surface area contributed by atoms with Gasteiger partial charge in [0, 0.05) is 24.9 Å². The van der Waals surface area contributed by atoms with Gasteiger partial charge in [-0.05, 0) is 49.1 Å². The number of allylic oxidation sites excluding steroid dienone is 1. The SMILES string of the molecule is CN(N)/C(=C(\N)c1cc(C2CCCCC2)c(=O)n(Cc2ncccc2C(F)(F)F)n1)C(F)F.Fc1cccc(F)c1. The lowest BCUT2D eigenvalue weighted by Crippen LogP contribution is -2.34. The van der Waals surface area contributed by atoms with Crippen LogP contribution in [0, 0.1) is 11.6 Å². The van der Waals surface area contributed by atoms with Crippen molar-refractivity contribution < 1.29 is 30.7 Å². The van der Waals surface area contributed by atoms with E-state index in [0.717, 1.165) is 42.1 Å². The Morgan fingerprint density at radius 1 is 1.07 bits per heavy atom. The van der Waals surface area contributed by atoms with Crippen molar-refractivity contribution in [2.45, 2.75) is 57.2 Å². The maximum Gasteiger partial charge on any atom is 0.418 e. The number of aromatic nitrogens is 3. The molecule has 0 amide bonds. The van der Waals surface area contributed by atoms with Crippen LogP contribution in [0.25, 0.3) is 5.70 Å². The molecule has 4 N–H and O–H groups in total. The number of halogens is 7. The topological polar surface area (TPSA) is 103 Å². The Morgan fingerprint density at radius 3 is 2.22 bits per heavy atom. The molecule has 1 aromatic carbocycles. The van der Waals surface area contributed by atoms with Crippen molar-refractivity contribution in [3.8, 4) is 0 Å². The lowest BCUT2D eigenvalue weighted by atomic mass is 9.84. The molecule has 0 saturated heterocycles. The van der Waals surface area contributed by atoms with Crippen molar-refractivity contribution in [2.24, 2.45) is 11.6 Å². The molecule has 14 heteroatoms. The van der Waals surface area contributed by atoms with Gasteiger partial charge in [-0.3, -0.25) is 9.78 Å². The van der Waals surface area contributed by atoms with Crippen molar-refractivity contribution in [1.29, 1.82) is 0 Å². The maximum absolute atomic E-state index is 13.6.